The Morgan fingerprint density at radius 2 is 1.94 bits per heavy atom. The van der Waals surface area contributed by atoms with Gasteiger partial charge in [-0.05, 0) is 24.1 Å². The average molecular weight is 209 g/mol. The molecule has 1 atom stereocenters. The molecule has 0 amide bonds. The molecule has 0 unspecified atom stereocenters. The molecule has 0 aliphatic carbocycles. The van der Waals surface area contributed by atoms with Gasteiger partial charge in [-0.25, -0.2) is 0 Å². The van der Waals surface area contributed by atoms with Crippen LogP contribution in [-0.4, -0.2) is 4.57 Å². The van der Waals surface area contributed by atoms with Crippen molar-refractivity contribution in [2.45, 2.75) is 18.4 Å². The van der Waals surface area contributed by atoms with E-state index in [9.17, 15) is 0 Å². The molecule has 16 heavy (non-hydrogen) atoms. The van der Waals surface area contributed by atoms with Crippen LogP contribution in [0.3, 0.4) is 0 Å². The van der Waals surface area contributed by atoms with Gasteiger partial charge in [0.15, 0.2) is 0 Å². The third-order valence-electron chi connectivity index (χ3n) is 3.67. The first kappa shape index (κ1) is 9.46. The number of benzene rings is 1. The predicted octanol–water partition coefficient (Wildman–Crippen LogP) is 3.36. The van der Waals surface area contributed by atoms with Gasteiger partial charge in [0.2, 0.25) is 0 Å². The smallest absolute Gasteiger partial charge is 0.0548 e. The lowest BCUT2D eigenvalue weighted by Gasteiger charge is -2.25. The summed E-state index contributed by atoms with van der Waals surface area (Å²) < 4.78 is 2.33. The van der Waals surface area contributed by atoms with Crippen molar-refractivity contribution in [3.05, 3.63) is 72.6 Å². The van der Waals surface area contributed by atoms with Crippen LogP contribution in [0.4, 0.5) is 0 Å². The van der Waals surface area contributed by atoms with E-state index in [0.717, 1.165) is 13.0 Å². The predicted molar refractivity (Wildman–Crippen MR) is 66.5 cm³/mol. The molecule has 0 saturated carbocycles. The number of hydrogen-bond acceptors (Lipinski definition) is 0. The number of rotatable bonds is 2. The maximum absolute atomic E-state index is 4.06. The van der Waals surface area contributed by atoms with Gasteiger partial charge in [0.1, 0.15) is 0 Å². The van der Waals surface area contributed by atoms with Crippen LogP contribution in [0.1, 0.15) is 17.7 Å². The normalized spacial score (nSPS) is 23.0. The van der Waals surface area contributed by atoms with Crippen LogP contribution >= 0.6 is 0 Å². The van der Waals surface area contributed by atoms with Gasteiger partial charge in [-0.2, -0.15) is 0 Å². The second-order valence-electron chi connectivity index (χ2n) is 4.38. The van der Waals surface area contributed by atoms with E-state index >= 15 is 0 Å². The molecule has 0 radical (unpaired) electrons. The fraction of sp³-hybridized carbons (Fsp3) is 0.200. The van der Waals surface area contributed by atoms with Crippen LogP contribution in [0.2, 0.25) is 0 Å². The highest BCUT2D eigenvalue weighted by Gasteiger charge is 2.37. The third kappa shape index (κ3) is 1.12. The van der Waals surface area contributed by atoms with Gasteiger partial charge in [0.25, 0.3) is 0 Å². The number of aryl methyl sites for hydroxylation is 1. The molecule has 1 heteroatoms. The molecule has 0 spiro atoms. The zero-order chi connectivity index (χ0) is 11.0. The van der Waals surface area contributed by atoms with Gasteiger partial charge in [-0.15, -0.1) is 6.58 Å². The maximum Gasteiger partial charge on any atom is 0.0548 e. The van der Waals surface area contributed by atoms with E-state index in [0.29, 0.717) is 0 Å². The fourth-order valence-electron chi connectivity index (χ4n) is 2.79. The van der Waals surface area contributed by atoms with Crippen molar-refractivity contribution in [2.75, 3.05) is 0 Å². The van der Waals surface area contributed by atoms with E-state index < -0.39 is 0 Å². The summed E-state index contributed by atoms with van der Waals surface area (Å²) in [4.78, 5) is 0. The average Bonchev–Trinajstić information content (AvgIpc) is 2.92. The molecular weight excluding hydrogens is 194 g/mol. The van der Waals surface area contributed by atoms with Gasteiger partial charge in [0.05, 0.1) is 5.41 Å². The molecule has 1 nitrogen and oxygen atoms in total. The summed E-state index contributed by atoms with van der Waals surface area (Å²) in [6, 6.07) is 15.0. The van der Waals surface area contributed by atoms with Crippen LogP contribution in [0.25, 0.3) is 0 Å². The van der Waals surface area contributed by atoms with E-state index in [1.807, 2.05) is 0 Å². The third-order valence-corrected chi connectivity index (χ3v) is 3.67. The van der Waals surface area contributed by atoms with Crippen molar-refractivity contribution < 1.29 is 0 Å². The van der Waals surface area contributed by atoms with Crippen LogP contribution in [0, 0.1) is 0 Å². The zero-order valence-corrected chi connectivity index (χ0v) is 9.26. The molecule has 80 valence electrons. The van der Waals surface area contributed by atoms with Crippen LogP contribution < -0.4 is 0 Å². The van der Waals surface area contributed by atoms with E-state index in [-0.39, 0.29) is 5.41 Å². The number of hydrogen-bond donors (Lipinski definition) is 0. The summed E-state index contributed by atoms with van der Waals surface area (Å²) in [6.45, 7) is 5.14. The topological polar surface area (TPSA) is 4.93 Å². The van der Waals surface area contributed by atoms with Crippen molar-refractivity contribution in [3.8, 4) is 0 Å². The number of allylic oxidation sites excluding steroid dienone is 1. The van der Waals surface area contributed by atoms with Crippen LogP contribution in [0.5, 0.6) is 0 Å². The summed E-state index contributed by atoms with van der Waals surface area (Å²) in [5.41, 5.74) is 2.74. The summed E-state index contributed by atoms with van der Waals surface area (Å²) in [6.07, 6.45) is 5.38. The first-order valence-corrected chi connectivity index (χ1v) is 5.71. The minimum atomic E-state index is 0.0186. The molecule has 0 saturated heterocycles. The molecule has 2 aromatic rings. The minimum absolute atomic E-state index is 0.0186. The number of nitrogens with zero attached hydrogens (tertiary/aromatic N) is 1. The molecule has 0 fully saturated rings. The van der Waals surface area contributed by atoms with E-state index in [1.54, 1.807) is 0 Å². The Hall–Kier alpha value is -1.76. The maximum atomic E-state index is 4.06. The second kappa shape index (κ2) is 3.38. The quantitative estimate of drug-likeness (QED) is 0.668. The Labute approximate surface area is 96.0 Å². The molecular formula is C15H15N. The van der Waals surface area contributed by atoms with Gasteiger partial charge in [0, 0.05) is 18.4 Å². The highest BCUT2D eigenvalue weighted by molar-refractivity contribution is 5.43. The molecule has 1 aliphatic heterocycles. The van der Waals surface area contributed by atoms with Gasteiger partial charge < -0.3 is 4.57 Å². The monoisotopic (exact) mass is 209 g/mol. The Balaban J connectivity index is 2.20. The highest BCUT2D eigenvalue weighted by Crippen LogP contribution is 2.41. The van der Waals surface area contributed by atoms with Gasteiger partial charge >= 0.3 is 0 Å². The summed E-state index contributed by atoms with van der Waals surface area (Å²) in [5.74, 6) is 0. The van der Waals surface area contributed by atoms with Crippen molar-refractivity contribution in [1.82, 2.24) is 4.57 Å². The Kier molecular flexibility index (Phi) is 2.00. The van der Waals surface area contributed by atoms with Gasteiger partial charge in [-0.1, -0.05) is 36.4 Å². The van der Waals surface area contributed by atoms with Crippen molar-refractivity contribution in [2.24, 2.45) is 0 Å². The summed E-state index contributed by atoms with van der Waals surface area (Å²) in [7, 11) is 0. The van der Waals surface area contributed by atoms with Crippen molar-refractivity contribution in [1.29, 1.82) is 0 Å². The molecule has 2 heterocycles. The largest absolute Gasteiger partial charge is 0.350 e. The Morgan fingerprint density at radius 3 is 2.69 bits per heavy atom. The SMILES string of the molecule is C=C[C@]1(c2ccccc2)CCn2cccc21. The Bertz CT molecular complexity index is 509. The summed E-state index contributed by atoms with van der Waals surface area (Å²) in [5, 5.41) is 0. The van der Waals surface area contributed by atoms with Crippen LogP contribution in [-0.2, 0) is 12.0 Å². The lowest BCUT2D eigenvalue weighted by atomic mass is 9.77. The second-order valence-corrected chi connectivity index (χ2v) is 4.38. The summed E-state index contributed by atoms with van der Waals surface area (Å²) >= 11 is 0. The highest BCUT2D eigenvalue weighted by atomic mass is 15.0. The first-order valence-electron chi connectivity index (χ1n) is 5.71. The molecule has 3 rings (SSSR count). The minimum Gasteiger partial charge on any atom is -0.350 e. The van der Waals surface area contributed by atoms with E-state index in [4.69, 9.17) is 0 Å². The van der Waals surface area contributed by atoms with Crippen molar-refractivity contribution >= 4 is 0 Å². The zero-order valence-electron chi connectivity index (χ0n) is 9.26. The molecule has 0 bridgehead atoms. The van der Waals surface area contributed by atoms with E-state index in [2.05, 4.69) is 65.9 Å². The number of aromatic nitrogens is 1. The van der Waals surface area contributed by atoms with E-state index in [1.165, 1.54) is 11.3 Å². The van der Waals surface area contributed by atoms with Crippen LogP contribution in [0.15, 0.2) is 61.3 Å². The molecule has 1 aromatic carbocycles. The Morgan fingerprint density at radius 1 is 1.12 bits per heavy atom. The fourth-order valence-corrected chi connectivity index (χ4v) is 2.79. The van der Waals surface area contributed by atoms with Gasteiger partial charge in [-0.3, -0.25) is 0 Å². The molecule has 1 aliphatic rings. The van der Waals surface area contributed by atoms with Crippen molar-refractivity contribution in [3.63, 3.8) is 0 Å². The standard InChI is InChI=1S/C15H15N/c1-2-15(13-7-4-3-5-8-13)10-12-16-11-6-9-14(15)16/h2-9,11H,1,10,12H2/t15-/m1/s1. The number of fused-ring (bicyclic) bond motifs is 1. The first-order chi connectivity index (χ1) is 7.87. The molecule has 1 aromatic heterocycles. The lowest BCUT2D eigenvalue weighted by molar-refractivity contribution is 0.624. The lowest BCUT2D eigenvalue weighted by Crippen LogP contribution is -2.21. The molecule has 0 N–H and O–H groups in total.